The molecule has 0 amide bonds. The first-order chi connectivity index (χ1) is 7.87. The van der Waals surface area contributed by atoms with Crippen molar-refractivity contribution in [2.45, 2.75) is 52.2 Å². The summed E-state index contributed by atoms with van der Waals surface area (Å²) in [4.78, 5) is 12.3. The lowest BCUT2D eigenvalue weighted by atomic mass is 9.90. The van der Waals surface area contributed by atoms with Crippen molar-refractivity contribution in [2.75, 3.05) is 0 Å². The van der Waals surface area contributed by atoms with E-state index in [1.807, 2.05) is 13.8 Å². The molecule has 1 aromatic heterocycles. The maximum absolute atomic E-state index is 12.3. The molecule has 0 aromatic carbocycles. The van der Waals surface area contributed by atoms with Gasteiger partial charge in [-0.2, -0.15) is 5.10 Å². The van der Waals surface area contributed by atoms with E-state index >= 15 is 0 Å². The molecule has 0 aliphatic heterocycles. The van der Waals surface area contributed by atoms with Crippen LogP contribution in [0.3, 0.4) is 0 Å². The zero-order valence-electron chi connectivity index (χ0n) is 10.7. The average Bonchev–Trinajstić information content (AvgIpc) is 2.69. The van der Waals surface area contributed by atoms with Crippen LogP contribution in [-0.4, -0.2) is 26.3 Å². The van der Waals surface area contributed by atoms with Crippen molar-refractivity contribution in [3.63, 3.8) is 0 Å². The topological polar surface area (TPSA) is 55.1 Å². The Bertz CT molecular complexity index is 409. The number of nitrogens with zero attached hydrogens (tertiary/aromatic N) is 2. The fraction of sp³-hybridized carbons (Fsp3) is 0.667. The van der Waals surface area contributed by atoms with Crippen LogP contribution in [0.15, 0.2) is 6.20 Å². The maximum Gasteiger partial charge on any atom is 0.213 e. The monoisotopic (exact) mass is 258 g/mol. The maximum atomic E-state index is 12.3. The Morgan fingerprint density at radius 1 is 1.53 bits per heavy atom. The third-order valence-corrected chi connectivity index (χ3v) is 3.32. The second kappa shape index (κ2) is 5.19. The predicted molar refractivity (Wildman–Crippen MR) is 67.5 cm³/mol. The highest BCUT2D eigenvalue weighted by Crippen LogP contribution is 2.27. The number of hydrogen-bond donors (Lipinski definition) is 1. The summed E-state index contributed by atoms with van der Waals surface area (Å²) in [5, 5.41) is 14.6. The van der Waals surface area contributed by atoms with Gasteiger partial charge in [0.15, 0.2) is 0 Å². The Morgan fingerprint density at radius 3 is 2.47 bits per heavy atom. The molecule has 17 heavy (non-hydrogen) atoms. The Morgan fingerprint density at radius 2 is 2.06 bits per heavy atom. The van der Waals surface area contributed by atoms with Gasteiger partial charge in [0.05, 0.1) is 11.2 Å². The first-order valence-electron chi connectivity index (χ1n) is 5.87. The number of ketones is 1. The van der Waals surface area contributed by atoms with Crippen molar-refractivity contribution in [1.82, 2.24) is 9.78 Å². The Balaban J connectivity index is 3.24. The first-order valence-corrected chi connectivity index (χ1v) is 6.25. The van der Waals surface area contributed by atoms with Crippen molar-refractivity contribution in [3.8, 4) is 0 Å². The number of aromatic nitrogens is 2. The highest BCUT2D eigenvalue weighted by Gasteiger charge is 2.36. The van der Waals surface area contributed by atoms with Gasteiger partial charge in [0.2, 0.25) is 5.78 Å². The predicted octanol–water partition coefficient (Wildman–Crippen LogP) is 2.85. The van der Waals surface area contributed by atoms with Crippen molar-refractivity contribution in [3.05, 3.63) is 16.9 Å². The molecule has 0 saturated heterocycles. The first kappa shape index (κ1) is 14.2. The van der Waals surface area contributed by atoms with Gasteiger partial charge in [-0.15, -0.1) is 0 Å². The minimum Gasteiger partial charge on any atom is -0.382 e. The van der Waals surface area contributed by atoms with Gasteiger partial charge in [-0.3, -0.25) is 9.48 Å². The minimum atomic E-state index is -1.35. The van der Waals surface area contributed by atoms with Crippen LogP contribution in [-0.2, 0) is 0 Å². The lowest BCUT2D eigenvalue weighted by Gasteiger charge is -2.24. The molecule has 0 atom stereocenters. The highest BCUT2D eigenvalue weighted by molar-refractivity contribution is 6.34. The minimum absolute atomic E-state index is 0.0272. The Hall–Kier alpha value is -0.870. The molecule has 0 radical (unpaired) electrons. The van der Waals surface area contributed by atoms with Crippen molar-refractivity contribution >= 4 is 17.4 Å². The van der Waals surface area contributed by atoms with E-state index in [0.29, 0.717) is 23.6 Å². The van der Waals surface area contributed by atoms with E-state index in [0.717, 1.165) is 0 Å². The second-order valence-corrected chi connectivity index (χ2v) is 4.85. The summed E-state index contributed by atoms with van der Waals surface area (Å²) in [5.74, 6) is -0.348. The quantitative estimate of drug-likeness (QED) is 0.827. The van der Waals surface area contributed by atoms with E-state index in [9.17, 15) is 9.90 Å². The zero-order chi connectivity index (χ0) is 13.2. The molecule has 4 nitrogen and oxygen atoms in total. The van der Waals surface area contributed by atoms with Crippen LogP contribution in [0.25, 0.3) is 0 Å². The molecule has 1 rings (SSSR count). The summed E-state index contributed by atoms with van der Waals surface area (Å²) in [6, 6.07) is 0.0272. The number of Topliss-reactive ketones (excluding diaryl/α,β-unsaturated/α-hetero) is 1. The molecule has 0 fully saturated rings. The molecule has 1 heterocycles. The lowest BCUT2D eigenvalue weighted by molar-refractivity contribution is 0.0266. The van der Waals surface area contributed by atoms with Gasteiger partial charge < -0.3 is 5.11 Å². The summed E-state index contributed by atoms with van der Waals surface area (Å²) >= 11 is 5.99. The van der Waals surface area contributed by atoms with Crippen LogP contribution in [0.2, 0.25) is 5.02 Å². The number of aliphatic hydroxyl groups is 1. The Labute approximate surface area is 107 Å². The molecule has 1 N–H and O–H groups in total. The number of carbonyl (C=O) groups excluding carboxylic acids is 1. The molecule has 0 bridgehead atoms. The summed E-state index contributed by atoms with van der Waals surface area (Å²) in [5.41, 5.74) is -1.05. The number of rotatable bonds is 5. The summed E-state index contributed by atoms with van der Waals surface area (Å²) in [6.45, 7) is 7.39. The van der Waals surface area contributed by atoms with Crippen molar-refractivity contribution in [1.29, 1.82) is 0 Å². The van der Waals surface area contributed by atoms with Gasteiger partial charge in [-0.1, -0.05) is 25.4 Å². The highest BCUT2D eigenvalue weighted by atomic mass is 35.5. The van der Waals surface area contributed by atoms with Crippen LogP contribution in [0.5, 0.6) is 0 Å². The average molecular weight is 259 g/mol. The van der Waals surface area contributed by atoms with E-state index in [1.165, 1.54) is 6.20 Å². The van der Waals surface area contributed by atoms with Gasteiger partial charge in [-0.25, -0.2) is 0 Å². The lowest BCUT2D eigenvalue weighted by Crippen LogP contribution is -2.38. The molecule has 0 unspecified atom stereocenters. The molecular weight excluding hydrogens is 240 g/mol. The van der Waals surface area contributed by atoms with E-state index < -0.39 is 5.60 Å². The fourth-order valence-electron chi connectivity index (χ4n) is 1.74. The van der Waals surface area contributed by atoms with E-state index in [4.69, 9.17) is 11.6 Å². The molecule has 1 aromatic rings. The van der Waals surface area contributed by atoms with Crippen LogP contribution in [0, 0.1) is 0 Å². The van der Waals surface area contributed by atoms with E-state index in [1.54, 1.807) is 18.5 Å². The van der Waals surface area contributed by atoms with Gasteiger partial charge in [0.25, 0.3) is 0 Å². The van der Waals surface area contributed by atoms with Gasteiger partial charge in [0, 0.05) is 6.04 Å². The molecule has 0 spiro atoms. The third kappa shape index (κ3) is 2.53. The van der Waals surface area contributed by atoms with E-state index in [-0.39, 0.29) is 11.8 Å². The smallest absolute Gasteiger partial charge is 0.213 e. The zero-order valence-corrected chi connectivity index (χ0v) is 11.5. The standard InChI is InChI=1S/C12H19ClN2O2/c1-5-12(17,6-2)11(16)10-9(13)7-14-15(10)8(3)4/h7-8,17H,5-6H2,1-4H3. The third-order valence-electron chi connectivity index (χ3n) is 3.05. The Kier molecular flexibility index (Phi) is 4.33. The fourth-order valence-corrected chi connectivity index (χ4v) is 1.95. The van der Waals surface area contributed by atoms with Gasteiger partial charge in [0.1, 0.15) is 11.3 Å². The van der Waals surface area contributed by atoms with Gasteiger partial charge in [-0.05, 0) is 26.7 Å². The number of halogens is 1. The summed E-state index contributed by atoms with van der Waals surface area (Å²) in [7, 11) is 0. The molecule has 0 saturated carbocycles. The van der Waals surface area contributed by atoms with Crippen LogP contribution >= 0.6 is 11.6 Å². The molecule has 5 heteroatoms. The van der Waals surface area contributed by atoms with Crippen molar-refractivity contribution < 1.29 is 9.90 Å². The normalized spacial score (nSPS) is 12.2. The van der Waals surface area contributed by atoms with Crippen LogP contribution < -0.4 is 0 Å². The van der Waals surface area contributed by atoms with Crippen LogP contribution in [0.1, 0.15) is 57.1 Å². The van der Waals surface area contributed by atoms with E-state index in [2.05, 4.69) is 5.10 Å². The molecule has 0 aliphatic carbocycles. The summed E-state index contributed by atoms with van der Waals surface area (Å²) < 4.78 is 1.56. The SMILES string of the molecule is CCC(O)(CC)C(=O)c1c(Cl)cnn1C(C)C. The molecule has 96 valence electrons. The van der Waals surface area contributed by atoms with Gasteiger partial charge >= 0.3 is 0 Å². The molecule has 0 aliphatic rings. The van der Waals surface area contributed by atoms with Crippen LogP contribution in [0.4, 0.5) is 0 Å². The largest absolute Gasteiger partial charge is 0.382 e. The molecular formula is C12H19ClN2O2. The summed E-state index contributed by atoms with van der Waals surface area (Å²) in [6.07, 6.45) is 2.17. The number of hydrogen-bond acceptors (Lipinski definition) is 3. The second-order valence-electron chi connectivity index (χ2n) is 4.45. The van der Waals surface area contributed by atoms with Crippen molar-refractivity contribution in [2.24, 2.45) is 0 Å². The number of carbonyl (C=O) groups is 1.